The Morgan fingerprint density at radius 2 is 2.00 bits per heavy atom. The lowest BCUT2D eigenvalue weighted by Gasteiger charge is -2.18. The van der Waals surface area contributed by atoms with Crippen LogP contribution in [-0.4, -0.2) is 4.98 Å². The summed E-state index contributed by atoms with van der Waals surface area (Å²) >= 11 is 0. The van der Waals surface area contributed by atoms with Crippen LogP contribution >= 0.6 is 0 Å². The van der Waals surface area contributed by atoms with E-state index in [0.717, 1.165) is 11.1 Å². The Morgan fingerprint density at radius 1 is 1.31 bits per heavy atom. The zero-order chi connectivity index (χ0) is 11.9. The number of hydrogen-bond acceptors (Lipinski definition) is 3. The quantitative estimate of drug-likeness (QED) is 0.800. The molecule has 2 aromatic rings. The molecule has 2 rings (SSSR count). The zero-order valence-electron chi connectivity index (χ0n) is 10.2. The molecule has 1 aromatic heterocycles. The highest BCUT2D eigenvalue weighted by atomic mass is 16.3. The van der Waals surface area contributed by atoms with Gasteiger partial charge in [-0.05, 0) is 30.0 Å². The van der Waals surface area contributed by atoms with E-state index in [4.69, 9.17) is 10.2 Å². The highest BCUT2D eigenvalue weighted by Gasteiger charge is 2.16. The van der Waals surface area contributed by atoms with E-state index in [9.17, 15) is 0 Å². The molecule has 2 N–H and O–H groups in total. The van der Waals surface area contributed by atoms with Gasteiger partial charge in [0.2, 0.25) is 5.89 Å². The average molecular weight is 218 g/mol. The number of hydrogen-bond donors (Lipinski definition) is 1. The molecule has 0 saturated carbocycles. The van der Waals surface area contributed by atoms with Crippen molar-refractivity contribution in [3.05, 3.63) is 29.7 Å². The van der Waals surface area contributed by atoms with Crippen LogP contribution in [0, 0.1) is 0 Å². The standard InChI is InChI=1S/C13H18N2O/c1-8(14)12-15-10-7-9(13(2,3)4)5-6-11(10)16-12/h5-8H,14H2,1-4H3. The van der Waals surface area contributed by atoms with Crippen LogP contribution in [0.15, 0.2) is 22.6 Å². The fourth-order valence-corrected chi connectivity index (χ4v) is 1.61. The van der Waals surface area contributed by atoms with Crippen molar-refractivity contribution >= 4 is 11.1 Å². The third-order valence-corrected chi connectivity index (χ3v) is 2.66. The summed E-state index contributed by atoms with van der Waals surface area (Å²) in [5, 5.41) is 0. The van der Waals surface area contributed by atoms with Gasteiger partial charge < -0.3 is 10.2 Å². The average Bonchev–Trinajstić information content (AvgIpc) is 2.58. The van der Waals surface area contributed by atoms with E-state index in [0.29, 0.717) is 5.89 Å². The second-order valence-corrected chi connectivity index (χ2v) is 5.27. The first-order valence-electron chi connectivity index (χ1n) is 5.54. The molecule has 0 fully saturated rings. The van der Waals surface area contributed by atoms with Gasteiger partial charge in [-0.15, -0.1) is 0 Å². The predicted molar refractivity (Wildman–Crippen MR) is 65.3 cm³/mol. The lowest BCUT2D eigenvalue weighted by atomic mass is 9.87. The summed E-state index contributed by atoms with van der Waals surface area (Å²) in [6, 6.07) is 5.96. The lowest BCUT2D eigenvalue weighted by molar-refractivity contribution is 0.492. The van der Waals surface area contributed by atoms with Gasteiger partial charge in [0.1, 0.15) is 5.52 Å². The van der Waals surface area contributed by atoms with Crippen LogP contribution in [-0.2, 0) is 5.41 Å². The second kappa shape index (κ2) is 3.59. The molecule has 3 nitrogen and oxygen atoms in total. The van der Waals surface area contributed by atoms with E-state index < -0.39 is 0 Å². The molecule has 0 spiro atoms. The number of oxazole rings is 1. The number of rotatable bonds is 1. The van der Waals surface area contributed by atoms with Crippen molar-refractivity contribution in [1.29, 1.82) is 0 Å². The Kier molecular flexibility index (Phi) is 2.50. The highest BCUT2D eigenvalue weighted by molar-refractivity contribution is 5.73. The number of fused-ring (bicyclic) bond motifs is 1. The van der Waals surface area contributed by atoms with Crippen LogP contribution in [0.5, 0.6) is 0 Å². The van der Waals surface area contributed by atoms with Gasteiger partial charge in [0.25, 0.3) is 0 Å². The maximum absolute atomic E-state index is 5.75. The van der Waals surface area contributed by atoms with E-state index in [1.165, 1.54) is 5.56 Å². The summed E-state index contributed by atoms with van der Waals surface area (Å²) in [7, 11) is 0. The van der Waals surface area contributed by atoms with Gasteiger partial charge in [0.05, 0.1) is 6.04 Å². The molecule has 86 valence electrons. The summed E-state index contributed by atoms with van der Waals surface area (Å²) in [5.41, 5.74) is 8.82. The molecule has 0 saturated heterocycles. The normalized spacial score (nSPS) is 14.3. The van der Waals surface area contributed by atoms with Crippen LogP contribution in [0.3, 0.4) is 0 Å². The van der Waals surface area contributed by atoms with Crippen molar-refractivity contribution in [2.24, 2.45) is 5.73 Å². The van der Waals surface area contributed by atoms with Crippen molar-refractivity contribution in [2.45, 2.75) is 39.2 Å². The van der Waals surface area contributed by atoms with Crippen molar-refractivity contribution in [2.75, 3.05) is 0 Å². The van der Waals surface area contributed by atoms with Crippen LogP contribution in [0.2, 0.25) is 0 Å². The molecule has 16 heavy (non-hydrogen) atoms. The molecule has 0 amide bonds. The van der Waals surface area contributed by atoms with E-state index in [1.54, 1.807) is 0 Å². The zero-order valence-corrected chi connectivity index (χ0v) is 10.2. The topological polar surface area (TPSA) is 52.0 Å². The smallest absolute Gasteiger partial charge is 0.212 e. The van der Waals surface area contributed by atoms with Gasteiger partial charge >= 0.3 is 0 Å². The minimum atomic E-state index is -0.162. The van der Waals surface area contributed by atoms with E-state index >= 15 is 0 Å². The van der Waals surface area contributed by atoms with Crippen molar-refractivity contribution in [3.63, 3.8) is 0 Å². The maximum Gasteiger partial charge on any atom is 0.212 e. The second-order valence-electron chi connectivity index (χ2n) is 5.27. The van der Waals surface area contributed by atoms with Gasteiger partial charge in [-0.2, -0.15) is 0 Å². The van der Waals surface area contributed by atoms with Gasteiger partial charge in [0.15, 0.2) is 5.58 Å². The van der Waals surface area contributed by atoms with E-state index in [-0.39, 0.29) is 11.5 Å². The molecule has 1 unspecified atom stereocenters. The third-order valence-electron chi connectivity index (χ3n) is 2.66. The van der Waals surface area contributed by atoms with Crippen molar-refractivity contribution in [3.8, 4) is 0 Å². The summed E-state index contributed by atoms with van der Waals surface area (Å²) in [5.74, 6) is 0.598. The Morgan fingerprint density at radius 3 is 2.56 bits per heavy atom. The molecule has 3 heteroatoms. The van der Waals surface area contributed by atoms with Gasteiger partial charge in [-0.1, -0.05) is 26.8 Å². The molecule has 1 aromatic carbocycles. The lowest BCUT2D eigenvalue weighted by Crippen LogP contribution is -2.10. The fraction of sp³-hybridized carbons (Fsp3) is 0.462. The largest absolute Gasteiger partial charge is 0.439 e. The first kappa shape index (κ1) is 11.1. The molecule has 0 aliphatic rings. The Labute approximate surface area is 95.7 Å². The Hall–Kier alpha value is -1.35. The van der Waals surface area contributed by atoms with Crippen LogP contribution < -0.4 is 5.73 Å². The summed E-state index contributed by atoms with van der Waals surface area (Å²) in [6.45, 7) is 8.41. The van der Waals surface area contributed by atoms with Crippen molar-refractivity contribution < 1.29 is 4.42 Å². The van der Waals surface area contributed by atoms with Crippen LogP contribution in [0.25, 0.3) is 11.1 Å². The molecular formula is C13H18N2O. The minimum Gasteiger partial charge on any atom is -0.439 e. The maximum atomic E-state index is 5.75. The highest BCUT2D eigenvalue weighted by Crippen LogP contribution is 2.27. The molecular weight excluding hydrogens is 200 g/mol. The van der Waals surface area contributed by atoms with E-state index in [1.807, 2.05) is 13.0 Å². The summed E-state index contributed by atoms with van der Waals surface area (Å²) < 4.78 is 5.56. The molecule has 1 atom stereocenters. The SMILES string of the molecule is CC(N)c1nc2cc(C(C)(C)C)ccc2o1. The third kappa shape index (κ3) is 1.95. The number of nitrogens with two attached hydrogens (primary N) is 1. The predicted octanol–water partition coefficient (Wildman–Crippen LogP) is 3.15. The minimum absolute atomic E-state index is 0.127. The molecule has 0 bridgehead atoms. The van der Waals surface area contributed by atoms with Crippen molar-refractivity contribution in [1.82, 2.24) is 4.98 Å². The molecule has 1 heterocycles. The number of aromatic nitrogens is 1. The van der Waals surface area contributed by atoms with Gasteiger partial charge in [-0.3, -0.25) is 0 Å². The molecule has 0 radical (unpaired) electrons. The fourth-order valence-electron chi connectivity index (χ4n) is 1.61. The van der Waals surface area contributed by atoms with E-state index in [2.05, 4.69) is 37.9 Å². The monoisotopic (exact) mass is 218 g/mol. The van der Waals surface area contributed by atoms with Gasteiger partial charge in [0, 0.05) is 0 Å². The van der Waals surface area contributed by atoms with Crippen LogP contribution in [0.1, 0.15) is 45.2 Å². The summed E-state index contributed by atoms with van der Waals surface area (Å²) in [6.07, 6.45) is 0. The molecule has 0 aliphatic heterocycles. The number of nitrogens with zero attached hydrogens (tertiary/aromatic N) is 1. The Balaban J connectivity index is 2.54. The van der Waals surface area contributed by atoms with Crippen LogP contribution in [0.4, 0.5) is 0 Å². The first-order valence-corrected chi connectivity index (χ1v) is 5.54. The Bertz CT molecular complexity index is 506. The summed E-state index contributed by atoms with van der Waals surface area (Å²) in [4.78, 5) is 4.39. The van der Waals surface area contributed by atoms with Gasteiger partial charge in [-0.25, -0.2) is 4.98 Å². The molecule has 0 aliphatic carbocycles. The number of benzene rings is 1. The first-order chi connectivity index (χ1) is 7.38.